The van der Waals surface area contributed by atoms with Gasteiger partial charge in [-0.25, -0.2) is 0 Å². The van der Waals surface area contributed by atoms with Gasteiger partial charge in [-0.1, -0.05) is 18.2 Å². The normalized spacial score (nSPS) is 10.1. The first-order valence-corrected chi connectivity index (χ1v) is 2.65. The summed E-state index contributed by atoms with van der Waals surface area (Å²) in [5, 5.41) is 1.08. The van der Waals surface area contributed by atoms with E-state index in [4.69, 9.17) is 11.7 Å². The van der Waals surface area contributed by atoms with Crippen molar-refractivity contribution < 1.29 is 0 Å². The first-order chi connectivity index (χ1) is 4.30. The zero-order chi connectivity index (χ0) is 6.69. The number of hydrogen-bond acceptors (Lipinski definition) is 3. The van der Waals surface area contributed by atoms with E-state index in [1.807, 2.05) is 30.3 Å². The molecule has 1 aromatic carbocycles. The summed E-state index contributed by atoms with van der Waals surface area (Å²) in [4.78, 5) is 0. The molecule has 47 valence electrons. The summed E-state index contributed by atoms with van der Waals surface area (Å²) in [6.07, 6.45) is 0. The lowest BCUT2D eigenvalue weighted by Crippen LogP contribution is -2.39. The summed E-state index contributed by atoms with van der Waals surface area (Å²) in [5.41, 5.74) is 0.803. The molecule has 1 rings (SSSR count). The van der Waals surface area contributed by atoms with Crippen LogP contribution in [0.4, 0.5) is 5.69 Å². The van der Waals surface area contributed by atoms with Crippen LogP contribution in [0.5, 0.6) is 0 Å². The summed E-state index contributed by atoms with van der Waals surface area (Å²) >= 11 is 0. The van der Waals surface area contributed by atoms with E-state index in [9.17, 15) is 0 Å². The van der Waals surface area contributed by atoms with Crippen LogP contribution in [0, 0.1) is 0 Å². The maximum atomic E-state index is 5.22. The molecule has 0 atom stereocenters. The number of benzene rings is 1. The molecule has 1 radical (unpaired) electrons. The number of para-hydroxylation sites is 1. The molecule has 0 aliphatic heterocycles. The van der Waals surface area contributed by atoms with Crippen molar-refractivity contribution in [2.24, 2.45) is 11.7 Å². The van der Waals surface area contributed by atoms with E-state index >= 15 is 0 Å². The molecule has 0 saturated heterocycles. The Bertz CT molecular complexity index is 171. The summed E-state index contributed by atoms with van der Waals surface area (Å²) in [5.74, 6) is 10.4. The number of hydrazine groups is 2. The molecule has 4 N–H and O–H groups in total. The third-order valence-corrected chi connectivity index (χ3v) is 1.05. The zero-order valence-corrected chi connectivity index (χ0v) is 4.99. The SMILES string of the molecule is N[N+](N)c1ccccc1. The van der Waals surface area contributed by atoms with Crippen LogP contribution in [0.2, 0.25) is 0 Å². The van der Waals surface area contributed by atoms with Crippen LogP contribution in [0.25, 0.3) is 0 Å². The molecule has 0 spiro atoms. The van der Waals surface area contributed by atoms with E-state index < -0.39 is 0 Å². The van der Waals surface area contributed by atoms with Crippen molar-refractivity contribution in [1.82, 2.24) is 5.12 Å². The summed E-state index contributed by atoms with van der Waals surface area (Å²) in [6.45, 7) is 0. The predicted octanol–water partition coefficient (Wildman–Crippen LogP) is 0.206. The van der Waals surface area contributed by atoms with Crippen molar-refractivity contribution in [3.8, 4) is 0 Å². The van der Waals surface area contributed by atoms with Crippen molar-refractivity contribution in [1.29, 1.82) is 0 Å². The number of hydrogen-bond donors (Lipinski definition) is 2. The Balaban J connectivity index is 2.85. The van der Waals surface area contributed by atoms with E-state index in [0.29, 0.717) is 0 Å². The van der Waals surface area contributed by atoms with Gasteiger partial charge in [0.15, 0.2) is 0 Å². The molecule has 0 saturated carbocycles. The van der Waals surface area contributed by atoms with Crippen molar-refractivity contribution in [2.75, 3.05) is 0 Å². The van der Waals surface area contributed by atoms with Crippen LogP contribution in [0.3, 0.4) is 0 Å². The molecule has 0 aliphatic rings. The van der Waals surface area contributed by atoms with Crippen molar-refractivity contribution in [3.63, 3.8) is 0 Å². The Kier molecular flexibility index (Phi) is 1.79. The molecular formula is C6H9N3+. The number of rotatable bonds is 1. The van der Waals surface area contributed by atoms with Gasteiger partial charge in [0.1, 0.15) is 0 Å². The van der Waals surface area contributed by atoms with Gasteiger partial charge in [-0.05, 0) is 0 Å². The zero-order valence-electron chi connectivity index (χ0n) is 4.99. The minimum atomic E-state index is 0.803. The maximum Gasteiger partial charge on any atom is 0.227 e. The van der Waals surface area contributed by atoms with Gasteiger partial charge in [0, 0.05) is 17.3 Å². The average molecular weight is 123 g/mol. The Hall–Kier alpha value is -0.900. The highest BCUT2D eigenvalue weighted by molar-refractivity contribution is 5.35. The molecule has 0 aliphatic carbocycles. The molecule has 3 heteroatoms. The molecule has 0 unspecified atom stereocenters. The van der Waals surface area contributed by atoms with Crippen LogP contribution < -0.4 is 16.8 Å². The van der Waals surface area contributed by atoms with Gasteiger partial charge in [0.2, 0.25) is 5.69 Å². The van der Waals surface area contributed by atoms with Crippen LogP contribution in [-0.2, 0) is 0 Å². The number of nitrogens with two attached hydrogens (primary N) is 2. The van der Waals surface area contributed by atoms with Crippen LogP contribution in [-0.4, -0.2) is 0 Å². The summed E-state index contributed by atoms with van der Waals surface area (Å²) in [7, 11) is 0. The fourth-order valence-corrected chi connectivity index (χ4v) is 0.600. The van der Waals surface area contributed by atoms with Crippen molar-refractivity contribution in [2.45, 2.75) is 0 Å². The summed E-state index contributed by atoms with van der Waals surface area (Å²) < 4.78 is 0. The first-order valence-electron chi connectivity index (χ1n) is 2.65. The van der Waals surface area contributed by atoms with Gasteiger partial charge in [-0.3, -0.25) is 0 Å². The van der Waals surface area contributed by atoms with Gasteiger partial charge in [-0.2, -0.15) is 0 Å². The smallest absolute Gasteiger partial charge is 0.103 e. The van der Waals surface area contributed by atoms with E-state index in [-0.39, 0.29) is 0 Å². The van der Waals surface area contributed by atoms with Crippen molar-refractivity contribution >= 4 is 5.69 Å². The first kappa shape index (κ1) is 6.22. The minimum Gasteiger partial charge on any atom is -0.103 e. The third-order valence-electron chi connectivity index (χ3n) is 1.05. The van der Waals surface area contributed by atoms with E-state index in [1.54, 1.807) is 0 Å². The monoisotopic (exact) mass is 123 g/mol. The molecular weight excluding hydrogens is 114 g/mol. The van der Waals surface area contributed by atoms with E-state index in [0.717, 1.165) is 10.8 Å². The highest BCUT2D eigenvalue weighted by Crippen LogP contribution is 2.03. The van der Waals surface area contributed by atoms with E-state index in [2.05, 4.69) is 0 Å². The lowest BCUT2D eigenvalue weighted by atomic mass is 10.3. The molecule has 9 heavy (non-hydrogen) atoms. The minimum absolute atomic E-state index is 0.803. The topological polar surface area (TPSA) is 57.9 Å². The van der Waals surface area contributed by atoms with Gasteiger partial charge < -0.3 is 0 Å². The summed E-state index contributed by atoms with van der Waals surface area (Å²) in [6, 6.07) is 9.33. The Morgan fingerprint density at radius 2 is 1.56 bits per heavy atom. The quantitative estimate of drug-likeness (QED) is 0.318. The van der Waals surface area contributed by atoms with Gasteiger partial charge >= 0.3 is 0 Å². The lowest BCUT2D eigenvalue weighted by Gasteiger charge is -1.92. The van der Waals surface area contributed by atoms with Crippen LogP contribution >= 0.6 is 0 Å². The third kappa shape index (κ3) is 1.50. The fraction of sp³-hybridized carbons (Fsp3) is 0. The predicted molar refractivity (Wildman–Crippen MR) is 36.6 cm³/mol. The number of anilines is 1. The Morgan fingerprint density at radius 3 is 1.89 bits per heavy atom. The molecule has 0 bridgehead atoms. The average Bonchev–Trinajstić information content (AvgIpc) is 1.90. The second kappa shape index (κ2) is 2.59. The van der Waals surface area contributed by atoms with Gasteiger partial charge in [0.25, 0.3) is 0 Å². The largest absolute Gasteiger partial charge is 0.227 e. The highest BCUT2D eigenvalue weighted by atomic mass is 15.6. The fourth-order valence-electron chi connectivity index (χ4n) is 0.600. The van der Waals surface area contributed by atoms with Gasteiger partial charge in [0.05, 0.1) is 0 Å². The molecule has 0 fully saturated rings. The van der Waals surface area contributed by atoms with Gasteiger partial charge in [-0.15, -0.1) is 11.7 Å². The molecule has 3 nitrogen and oxygen atoms in total. The maximum absolute atomic E-state index is 5.22. The van der Waals surface area contributed by atoms with Crippen molar-refractivity contribution in [3.05, 3.63) is 30.3 Å². The molecule has 0 heterocycles. The second-order valence-electron chi connectivity index (χ2n) is 1.74. The Labute approximate surface area is 53.8 Å². The molecule has 0 aromatic heterocycles. The molecule has 1 aromatic rings. The number of nitrogens with zero attached hydrogens (tertiary/aromatic N) is 1. The van der Waals surface area contributed by atoms with Crippen LogP contribution in [0.15, 0.2) is 30.3 Å². The second-order valence-corrected chi connectivity index (χ2v) is 1.74. The standard InChI is InChI=1S/C6H9N3/c7-9(8)6-4-2-1-3-5-6/h1-5H,7-8H2/q+1. The Morgan fingerprint density at radius 1 is 1.00 bits per heavy atom. The van der Waals surface area contributed by atoms with E-state index in [1.165, 1.54) is 0 Å². The molecule has 0 amide bonds. The lowest BCUT2D eigenvalue weighted by molar-refractivity contribution is 0.595. The highest BCUT2D eigenvalue weighted by Gasteiger charge is 2.04. The van der Waals surface area contributed by atoms with Crippen LogP contribution in [0.1, 0.15) is 0 Å².